The first-order valence-corrected chi connectivity index (χ1v) is 7.99. The molecule has 0 aliphatic carbocycles. The van der Waals surface area contributed by atoms with Gasteiger partial charge >= 0.3 is 5.97 Å². The summed E-state index contributed by atoms with van der Waals surface area (Å²) in [4.78, 5) is 24.2. The number of hydrogen-bond donors (Lipinski definition) is 1. The molecule has 0 aliphatic rings. The van der Waals surface area contributed by atoms with E-state index in [4.69, 9.17) is 9.26 Å². The third kappa shape index (κ3) is 3.68. The van der Waals surface area contributed by atoms with Crippen LogP contribution in [-0.4, -0.2) is 23.6 Å². The van der Waals surface area contributed by atoms with Crippen LogP contribution in [0.3, 0.4) is 0 Å². The Hall–Kier alpha value is -3.15. The number of ether oxygens (including phenoxy) is 1. The summed E-state index contributed by atoms with van der Waals surface area (Å²) in [6.45, 7) is 3.12. The Morgan fingerprint density at radius 2 is 1.92 bits per heavy atom. The smallest absolute Gasteiger partial charge is 0.344 e. The van der Waals surface area contributed by atoms with E-state index in [2.05, 4.69) is 10.5 Å². The maximum Gasteiger partial charge on any atom is 0.344 e. The molecule has 0 saturated heterocycles. The normalized spacial score (nSPS) is 10.6. The molecule has 3 rings (SSSR count). The molecule has 1 aromatic heterocycles. The van der Waals surface area contributed by atoms with E-state index in [9.17, 15) is 9.59 Å². The van der Waals surface area contributed by atoms with Crippen molar-refractivity contribution in [2.45, 2.75) is 20.3 Å². The number of nitrogens with one attached hydrogen (secondary N) is 1. The van der Waals surface area contributed by atoms with Crippen LogP contribution in [0.15, 0.2) is 47.0 Å². The van der Waals surface area contributed by atoms with Crippen LogP contribution in [0.4, 0.5) is 5.69 Å². The number of benzene rings is 2. The Kier molecular flexibility index (Phi) is 4.79. The van der Waals surface area contributed by atoms with Crippen LogP contribution in [0, 0.1) is 6.92 Å². The third-order valence-electron chi connectivity index (χ3n) is 3.84. The van der Waals surface area contributed by atoms with Crippen LogP contribution in [0.1, 0.15) is 28.7 Å². The third-order valence-corrected chi connectivity index (χ3v) is 3.84. The van der Waals surface area contributed by atoms with Crippen LogP contribution in [0.2, 0.25) is 0 Å². The number of fused-ring (bicyclic) bond motifs is 1. The van der Waals surface area contributed by atoms with Gasteiger partial charge in [0.2, 0.25) is 0 Å². The van der Waals surface area contributed by atoms with Crippen molar-refractivity contribution in [3.63, 3.8) is 0 Å². The Balaban J connectivity index is 1.62. The van der Waals surface area contributed by atoms with Crippen LogP contribution >= 0.6 is 0 Å². The van der Waals surface area contributed by atoms with Gasteiger partial charge in [-0.1, -0.05) is 42.4 Å². The maximum atomic E-state index is 12.1. The molecule has 0 unspecified atom stereocenters. The summed E-state index contributed by atoms with van der Waals surface area (Å²) in [5.41, 5.74) is 1.47. The molecule has 2 aromatic carbocycles. The number of carbonyl (C=O) groups excluding carboxylic acids is 2. The summed E-state index contributed by atoms with van der Waals surface area (Å²) < 4.78 is 10.1. The number of esters is 1. The number of carbonyl (C=O) groups is 2. The van der Waals surface area contributed by atoms with Crippen molar-refractivity contribution in [3.05, 3.63) is 59.5 Å². The van der Waals surface area contributed by atoms with E-state index in [0.29, 0.717) is 29.1 Å². The zero-order valence-electron chi connectivity index (χ0n) is 14.0. The maximum absolute atomic E-state index is 12.1. The number of amides is 1. The summed E-state index contributed by atoms with van der Waals surface area (Å²) in [6, 6.07) is 13.4. The van der Waals surface area contributed by atoms with Crippen molar-refractivity contribution in [2.24, 2.45) is 0 Å². The lowest BCUT2D eigenvalue weighted by Crippen LogP contribution is -2.21. The molecule has 6 heteroatoms. The number of aryl methyl sites for hydroxylation is 2. The standard InChI is InChI=1S/C19H18N2O4/c1-3-16-18(12(2)25-21-16)19(23)24-11-17(22)20-15-9-8-13-6-4-5-7-14(13)10-15/h4-10H,3,11H2,1-2H3,(H,20,22). The Labute approximate surface area is 144 Å². The first-order chi connectivity index (χ1) is 12.1. The first kappa shape index (κ1) is 16.7. The van der Waals surface area contributed by atoms with Gasteiger partial charge in [0, 0.05) is 5.69 Å². The quantitative estimate of drug-likeness (QED) is 0.720. The lowest BCUT2D eigenvalue weighted by Gasteiger charge is -2.07. The first-order valence-electron chi connectivity index (χ1n) is 7.99. The summed E-state index contributed by atoms with van der Waals surface area (Å²) in [6.07, 6.45) is 0.547. The van der Waals surface area contributed by atoms with E-state index in [-0.39, 0.29) is 6.61 Å². The van der Waals surface area contributed by atoms with E-state index in [1.54, 1.807) is 13.0 Å². The zero-order valence-corrected chi connectivity index (χ0v) is 14.0. The Bertz CT molecular complexity index is 930. The van der Waals surface area contributed by atoms with E-state index in [0.717, 1.165) is 10.8 Å². The van der Waals surface area contributed by atoms with Crippen LogP contribution in [0.25, 0.3) is 10.8 Å². The molecule has 0 fully saturated rings. The molecule has 0 saturated carbocycles. The highest BCUT2D eigenvalue weighted by Crippen LogP contribution is 2.19. The Morgan fingerprint density at radius 1 is 1.16 bits per heavy atom. The number of nitrogens with zero attached hydrogens (tertiary/aromatic N) is 1. The molecular weight excluding hydrogens is 320 g/mol. The van der Waals surface area contributed by atoms with Crippen molar-refractivity contribution in [2.75, 3.05) is 11.9 Å². The molecule has 0 aliphatic heterocycles. The lowest BCUT2D eigenvalue weighted by molar-refractivity contribution is -0.119. The number of hydrogen-bond acceptors (Lipinski definition) is 5. The van der Waals surface area contributed by atoms with Gasteiger partial charge in [0.05, 0.1) is 5.69 Å². The number of anilines is 1. The van der Waals surface area contributed by atoms with Gasteiger partial charge in [-0.25, -0.2) is 4.79 Å². The lowest BCUT2D eigenvalue weighted by atomic mass is 10.1. The highest BCUT2D eigenvalue weighted by atomic mass is 16.5. The highest BCUT2D eigenvalue weighted by molar-refractivity contribution is 5.97. The average Bonchev–Trinajstić information content (AvgIpc) is 3.00. The molecular formula is C19H18N2O4. The summed E-state index contributed by atoms with van der Waals surface area (Å²) in [5, 5.41) is 8.63. The van der Waals surface area contributed by atoms with Gasteiger partial charge in [-0.2, -0.15) is 0 Å². The van der Waals surface area contributed by atoms with Crippen molar-refractivity contribution < 1.29 is 18.8 Å². The monoisotopic (exact) mass is 338 g/mol. The minimum atomic E-state index is -0.607. The van der Waals surface area contributed by atoms with Crippen LogP contribution < -0.4 is 5.32 Å². The van der Waals surface area contributed by atoms with Crippen molar-refractivity contribution in [3.8, 4) is 0 Å². The van der Waals surface area contributed by atoms with Gasteiger partial charge in [-0.05, 0) is 36.2 Å². The van der Waals surface area contributed by atoms with Gasteiger partial charge in [-0.3, -0.25) is 4.79 Å². The largest absolute Gasteiger partial charge is 0.452 e. The molecule has 0 atom stereocenters. The van der Waals surface area contributed by atoms with Gasteiger partial charge in [0.1, 0.15) is 11.3 Å². The fourth-order valence-electron chi connectivity index (χ4n) is 2.59. The van der Waals surface area contributed by atoms with E-state index in [1.165, 1.54) is 0 Å². The van der Waals surface area contributed by atoms with Crippen molar-refractivity contribution in [1.29, 1.82) is 0 Å². The fourth-order valence-corrected chi connectivity index (χ4v) is 2.59. The zero-order chi connectivity index (χ0) is 17.8. The van der Waals surface area contributed by atoms with E-state index in [1.807, 2.05) is 43.3 Å². The SMILES string of the molecule is CCc1noc(C)c1C(=O)OCC(=O)Nc1ccc2ccccc2c1. The summed E-state index contributed by atoms with van der Waals surface area (Å²) in [5.74, 6) is -0.628. The van der Waals surface area contributed by atoms with Gasteiger partial charge in [-0.15, -0.1) is 0 Å². The molecule has 1 heterocycles. The van der Waals surface area contributed by atoms with Gasteiger partial charge < -0.3 is 14.6 Å². The predicted octanol–water partition coefficient (Wildman–Crippen LogP) is 3.49. The molecule has 0 spiro atoms. The molecule has 128 valence electrons. The fraction of sp³-hybridized carbons (Fsp3) is 0.211. The second-order valence-electron chi connectivity index (χ2n) is 5.60. The predicted molar refractivity (Wildman–Crippen MR) is 93.5 cm³/mol. The summed E-state index contributed by atoms with van der Waals surface area (Å²) in [7, 11) is 0. The summed E-state index contributed by atoms with van der Waals surface area (Å²) >= 11 is 0. The minimum absolute atomic E-state index is 0.293. The molecule has 25 heavy (non-hydrogen) atoms. The molecule has 0 radical (unpaired) electrons. The molecule has 6 nitrogen and oxygen atoms in total. The molecule has 3 aromatic rings. The number of rotatable bonds is 5. The second-order valence-corrected chi connectivity index (χ2v) is 5.60. The number of aromatic nitrogens is 1. The average molecular weight is 338 g/mol. The van der Waals surface area contributed by atoms with E-state index < -0.39 is 11.9 Å². The van der Waals surface area contributed by atoms with Crippen LogP contribution in [0.5, 0.6) is 0 Å². The van der Waals surface area contributed by atoms with Gasteiger partial charge in [0.25, 0.3) is 5.91 Å². The minimum Gasteiger partial charge on any atom is -0.452 e. The molecule has 1 amide bonds. The van der Waals surface area contributed by atoms with Crippen LogP contribution in [-0.2, 0) is 16.0 Å². The van der Waals surface area contributed by atoms with E-state index >= 15 is 0 Å². The molecule has 1 N–H and O–H groups in total. The Morgan fingerprint density at radius 3 is 2.68 bits per heavy atom. The van der Waals surface area contributed by atoms with Crippen molar-refractivity contribution in [1.82, 2.24) is 5.16 Å². The highest BCUT2D eigenvalue weighted by Gasteiger charge is 2.21. The second kappa shape index (κ2) is 7.17. The molecule has 0 bridgehead atoms. The van der Waals surface area contributed by atoms with Crippen molar-refractivity contribution >= 4 is 28.3 Å². The van der Waals surface area contributed by atoms with Gasteiger partial charge in [0.15, 0.2) is 6.61 Å². The topological polar surface area (TPSA) is 81.4 Å².